The maximum absolute atomic E-state index is 11.4. The van der Waals surface area contributed by atoms with Crippen molar-refractivity contribution in [1.82, 2.24) is 14.9 Å². The summed E-state index contributed by atoms with van der Waals surface area (Å²) in [5.41, 5.74) is 1.92. The van der Waals surface area contributed by atoms with Gasteiger partial charge in [0.2, 0.25) is 21.7 Å². The summed E-state index contributed by atoms with van der Waals surface area (Å²) in [7, 11) is -1.26. The number of sulfonamides is 1. The molecule has 0 saturated carbocycles. The van der Waals surface area contributed by atoms with Crippen LogP contribution in [0.3, 0.4) is 0 Å². The van der Waals surface area contributed by atoms with E-state index in [1.807, 2.05) is 31.3 Å². The Balaban J connectivity index is 2.08. The fraction of sp³-hybridized carbons (Fsp3) is 0.429. The quantitative estimate of drug-likeness (QED) is 0.833. The fourth-order valence-corrected chi connectivity index (χ4v) is 2.31. The highest BCUT2D eigenvalue weighted by Gasteiger charge is 2.12. The first-order valence-corrected chi connectivity index (χ1v) is 8.72. The first-order chi connectivity index (χ1) is 10.4. The predicted octanol–water partition coefficient (Wildman–Crippen LogP) is 1.63. The van der Waals surface area contributed by atoms with E-state index in [0.29, 0.717) is 5.82 Å². The van der Waals surface area contributed by atoms with Crippen LogP contribution in [0.25, 0.3) is 11.4 Å². The molecule has 0 amide bonds. The lowest BCUT2D eigenvalue weighted by molar-refractivity contribution is 0.376. The molecule has 0 spiro atoms. The minimum absolute atomic E-state index is 0.000169. The van der Waals surface area contributed by atoms with Crippen LogP contribution < -0.4 is 9.62 Å². The molecule has 0 atom stereocenters. The second-order valence-corrected chi connectivity index (χ2v) is 6.89. The van der Waals surface area contributed by atoms with Crippen molar-refractivity contribution in [2.45, 2.75) is 20.4 Å². The van der Waals surface area contributed by atoms with E-state index in [1.165, 1.54) is 0 Å². The largest absolute Gasteiger partial charge is 0.375 e. The van der Waals surface area contributed by atoms with Gasteiger partial charge in [0.25, 0.3) is 0 Å². The van der Waals surface area contributed by atoms with Crippen LogP contribution in [0.4, 0.5) is 5.69 Å². The Hall–Kier alpha value is -1.93. The third kappa shape index (κ3) is 4.05. The van der Waals surface area contributed by atoms with Gasteiger partial charge in [0.1, 0.15) is 0 Å². The summed E-state index contributed by atoms with van der Waals surface area (Å²) in [5.74, 6) is 0.693. The monoisotopic (exact) mass is 324 g/mol. The molecule has 0 saturated heterocycles. The number of anilines is 1. The highest BCUT2D eigenvalue weighted by Crippen LogP contribution is 2.20. The van der Waals surface area contributed by atoms with E-state index in [1.54, 1.807) is 6.92 Å². The molecule has 7 nitrogen and oxygen atoms in total. The lowest BCUT2D eigenvalue weighted by Gasteiger charge is -2.16. The van der Waals surface area contributed by atoms with Crippen LogP contribution in [0.1, 0.15) is 19.7 Å². The summed E-state index contributed by atoms with van der Waals surface area (Å²) in [6.07, 6.45) is 0. The third-order valence-corrected chi connectivity index (χ3v) is 4.68. The predicted molar refractivity (Wildman–Crippen MR) is 85.0 cm³/mol. The minimum Gasteiger partial charge on any atom is -0.375 e. The van der Waals surface area contributed by atoms with Crippen LogP contribution in [-0.2, 0) is 16.6 Å². The van der Waals surface area contributed by atoms with Gasteiger partial charge in [-0.15, -0.1) is 0 Å². The number of nitrogens with one attached hydrogen (secondary N) is 1. The van der Waals surface area contributed by atoms with Crippen molar-refractivity contribution in [3.8, 4) is 11.4 Å². The number of hydrogen-bond donors (Lipinski definition) is 1. The molecule has 0 unspecified atom stereocenters. The molecule has 2 aromatic rings. The molecule has 0 aliphatic rings. The molecule has 1 N–H and O–H groups in total. The number of rotatable bonds is 7. The number of hydrogen-bond acceptors (Lipinski definition) is 6. The summed E-state index contributed by atoms with van der Waals surface area (Å²) in [6, 6.07) is 7.78. The van der Waals surface area contributed by atoms with Gasteiger partial charge in [0.05, 0.1) is 12.3 Å². The van der Waals surface area contributed by atoms with E-state index in [9.17, 15) is 8.42 Å². The van der Waals surface area contributed by atoms with Crippen molar-refractivity contribution in [3.05, 3.63) is 30.2 Å². The van der Waals surface area contributed by atoms with Gasteiger partial charge in [-0.1, -0.05) is 5.16 Å². The van der Waals surface area contributed by atoms with Crippen LogP contribution in [0, 0.1) is 0 Å². The number of benzene rings is 1. The van der Waals surface area contributed by atoms with Crippen molar-refractivity contribution in [2.24, 2.45) is 0 Å². The summed E-state index contributed by atoms with van der Waals surface area (Å²) in [5, 5.41) is 3.87. The zero-order valence-corrected chi connectivity index (χ0v) is 13.7. The normalized spacial score (nSPS) is 11.6. The molecule has 0 radical (unpaired) electrons. The molecule has 8 heteroatoms. The Kier molecular flexibility index (Phi) is 5.15. The molecule has 0 fully saturated rings. The highest BCUT2D eigenvalue weighted by atomic mass is 32.2. The van der Waals surface area contributed by atoms with Crippen molar-refractivity contribution < 1.29 is 12.9 Å². The van der Waals surface area contributed by atoms with Gasteiger partial charge in [-0.3, -0.25) is 0 Å². The van der Waals surface area contributed by atoms with Gasteiger partial charge in [-0.2, -0.15) is 4.98 Å². The van der Waals surface area contributed by atoms with Crippen LogP contribution in [0.15, 0.2) is 28.8 Å². The van der Waals surface area contributed by atoms with Crippen molar-refractivity contribution >= 4 is 15.7 Å². The van der Waals surface area contributed by atoms with E-state index in [0.717, 1.165) is 17.8 Å². The molecular weight excluding hydrogens is 304 g/mol. The molecule has 1 heterocycles. The summed E-state index contributed by atoms with van der Waals surface area (Å²) >= 11 is 0. The van der Waals surface area contributed by atoms with E-state index in [-0.39, 0.29) is 18.2 Å². The Morgan fingerprint density at radius 3 is 2.50 bits per heavy atom. The van der Waals surface area contributed by atoms with Crippen LogP contribution >= 0.6 is 0 Å². The SMILES string of the molecule is CCN(C)c1ccc(-c2noc(CNS(=O)(=O)CC)n2)cc1. The lowest BCUT2D eigenvalue weighted by Crippen LogP contribution is -2.24. The van der Waals surface area contributed by atoms with Gasteiger partial charge in [0.15, 0.2) is 0 Å². The Bertz CT molecular complexity index is 710. The first kappa shape index (κ1) is 16.4. The Morgan fingerprint density at radius 2 is 1.91 bits per heavy atom. The third-order valence-electron chi connectivity index (χ3n) is 3.33. The van der Waals surface area contributed by atoms with E-state index in [2.05, 4.69) is 26.7 Å². The van der Waals surface area contributed by atoms with E-state index >= 15 is 0 Å². The molecular formula is C14H20N4O3S. The number of nitrogens with zero attached hydrogens (tertiary/aromatic N) is 3. The van der Waals surface area contributed by atoms with Gasteiger partial charge in [-0.25, -0.2) is 13.1 Å². The lowest BCUT2D eigenvalue weighted by atomic mass is 10.2. The Labute approximate surface area is 130 Å². The summed E-state index contributed by atoms with van der Waals surface area (Å²) in [6.45, 7) is 4.57. The second-order valence-electron chi connectivity index (χ2n) is 4.80. The fourth-order valence-electron chi connectivity index (χ4n) is 1.77. The van der Waals surface area contributed by atoms with E-state index in [4.69, 9.17) is 4.52 Å². The molecule has 0 bridgehead atoms. The van der Waals surface area contributed by atoms with Crippen LogP contribution in [-0.4, -0.2) is 37.9 Å². The smallest absolute Gasteiger partial charge is 0.242 e. The average Bonchev–Trinajstić information content (AvgIpc) is 3.01. The maximum atomic E-state index is 11.4. The zero-order valence-electron chi connectivity index (χ0n) is 12.9. The molecule has 2 rings (SSSR count). The number of aromatic nitrogens is 2. The zero-order chi connectivity index (χ0) is 16.2. The molecule has 0 aliphatic carbocycles. The maximum Gasteiger partial charge on any atom is 0.242 e. The molecule has 22 heavy (non-hydrogen) atoms. The molecule has 1 aromatic heterocycles. The first-order valence-electron chi connectivity index (χ1n) is 7.06. The van der Waals surface area contributed by atoms with Crippen molar-refractivity contribution in [3.63, 3.8) is 0 Å². The second kappa shape index (κ2) is 6.89. The average molecular weight is 324 g/mol. The summed E-state index contributed by atoms with van der Waals surface area (Å²) in [4.78, 5) is 6.31. The topological polar surface area (TPSA) is 88.3 Å². The van der Waals surface area contributed by atoms with Gasteiger partial charge < -0.3 is 9.42 Å². The van der Waals surface area contributed by atoms with Crippen LogP contribution in [0.2, 0.25) is 0 Å². The van der Waals surface area contributed by atoms with Crippen molar-refractivity contribution in [2.75, 3.05) is 24.2 Å². The Morgan fingerprint density at radius 1 is 1.23 bits per heavy atom. The molecule has 120 valence electrons. The minimum atomic E-state index is -3.27. The van der Waals surface area contributed by atoms with Gasteiger partial charge in [-0.05, 0) is 38.1 Å². The standard InChI is InChI=1S/C14H20N4O3S/c1-4-18(3)12-8-6-11(7-9-12)14-16-13(21-17-14)10-15-22(19,20)5-2/h6-9,15H,4-5,10H2,1-3H3. The van der Waals surface area contributed by atoms with Gasteiger partial charge >= 0.3 is 0 Å². The molecule has 0 aliphatic heterocycles. The molecule has 1 aromatic carbocycles. The van der Waals surface area contributed by atoms with Crippen LogP contribution in [0.5, 0.6) is 0 Å². The van der Waals surface area contributed by atoms with Crippen molar-refractivity contribution in [1.29, 1.82) is 0 Å². The van der Waals surface area contributed by atoms with E-state index < -0.39 is 10.0 Å². The van der Waals surface area contributed by atoms with Gasteiger partial charge in [0, 0.05) is 24.8 Å². The highest BCUT2D eigenvalue weighted by molar-refractivity contribution is 7.89. The summed E-state index contributed by atoms with van der Waals surface area (Å²) < 4.78 is 30.2.